The molecule has 2 atom stereocenters. The zero-order valence-corrected chi connectivity index (χ0v) is 18.3. The lowest BCUT2D eigenvalue weighted by Gasteiger charge is -2.32. The lowest BCUT2D eigenvalue weighted by atomic mass is 9.97. The van der Waals surface area contributed by atoms with E-state index in [1.165, 1.54) is 7.11 Å². The summed E-state index contributed by atoms with van der Waals surface area (Å²) in [5, 5.41) is 2.56. The summed E-state index contributed by atoms with van der Waals surface area (Å²) in [4.78, 5) is 49.8. The fourth-order valence-corrected chi connectivity index (χ4v) is 2.89. The highest BCUT2D eigenvalue weighted by Crippen LogP contribution is 2.21. The highest BCUT2D eigenvalue weighted by molar-refractivity contribution is 5.86. The summed E-state index contributed by atoms with van der Waals surface area (Å²) in [6, 6.07) is -0.784. The second-order valence-corrected chi connectivity index (χ2v) is 8.30. The van der Waals surface area contributed by atoms with Crippen LogP contribution in [-0.2, 0) is 28.6 Å². The maximum absolute atomic E-state index is 12.2. The molecule has 166 valence electrons. The average Bonchev–Trinajstić information content (AvgIpc) is 2.67. The van der Waals surface area contributed by atoms with Crippen molar-refractivity contribution in [2.75, 3.05) is 26.8 Å². The van der Waals surface area contributed by atoms with Crippen LogP contribution in [0.5, 0.6) is 0 Å². The Morgan fingerprint density at radius 1 is 1.14 bits per heavy atom. The number of nitrogens with zero attached hydrogens (tertiary/aromatic N) is 1. The second kappa shape index (κ2) is 11.0. The SMILES string of the molecule is CC[C@@H](C)[C@H](NC(=O)COC(=O)C1CCN(C(=O)OC(C)(C)C)CC1)C(=O)OC. The van der Waals surface area contributed by atoms with Crippen molar-refractivity contribution in [3.8, 4) is 0 Å². The van der Waals surface area contributed by atoms with Gasteiger partial charge in [0.1, 0.15) is 11.6 Å². The number of ether oxygens (including phenoxy) is 3. The van der Waals surface area contributed by atoms with E-state index in [2.05, 4.69) is 5.32 Å². The number of carbonyl (C=O) groups excluding carboxylic acids is 4. The van der Waals surface area contributed by atoms with Crippen molar-refractivity contribution in [3.63, 3.8) is 0 Å². The minimum atomic E-state index is -0.784. The molecule has 0 spiro atoms. The van der Waals surface area contributed by atoms with Crippen molar-refractivity contribution in [3.05, 3.63) is 0 Å². The molecule has 0 unspecified atom stereocenters. The van der Waals surface area contributed by atoms with Gasteiger partial charge in [0.15, 0.2) is 6.61 Å². The molecule has 9 heteroatoms. The monoisotopic (exact) mass is 414 g/mol. The van der Waals surface area contributed by atoms with Crippen LogP contribution >= 0.6 is 0 Å². The largest absolute Gasteiger partial charge is 0.467 e. The van der Waals surface area contributed by atoms with Gasteiger partial charge in [0.25, 0.3) is 5.91 Å². The molecule has 1 aliphatic heterocycles. The summed E-state index contributed by atoms with van der Waals surface area (Å²) in [7, 11) is 1.26. The van der Waals surface area contributed by atoms with Gasteiger partial charge in [0, 0.05) is 13.1 Å². The fourth-order valence-electron chi connectivity index (χ4n) is 2.89. The van der Waals surface area contributed by atoms with Gasteiger partial charge in [-0.15, -0.1) is 0 Å². The van der Waals surface area contributed by atoms with Gasteiger partial charge in [-0.1, -0.05) is 20.3 Å². The van der Waals surface area contributed by atoms with Gasteiger partial charge < -0.3 is 24.4 Å². The smallest absolute Gasteiger partial charge is 0.410 e. The average molecular weight is 414 g/mol. The number of carbonyl (C=O) groups is 4. The molecule has 9 nitrogen and oxygen atoms in total. The number of amides is 2. The molecule has 0 aromatic heterocycles. The number of piperidine rings is 1. The summed E-state index contributed by atoms with van der Waals surface area (Å²) in [6.07, 6.45) is 1.16. The first-order valence-corrected chi connectivity index (χ1v) is 10.00. The van der Waals surface area contributed by atoms with Gasteiger partial charge >= 0.3 is 18.0 Å². The number of methoxy groups -OCH3 is 1. The topological polar surface area (TPSA) is 111 Å². The van der Waals surface area contributed by atoms with E-state index in [-0.39, 0.29) is 11.8 Å². The van der Waals surface area contributed by atoms with Gasteiger partial charge in [-0.25, -0.2) is 9.59 Å². The molecule has 0 aromatic rings. The first-order chi connectivity index (χ1) is 13.5. The zero-order chi connectivity index (χ0) is 22.2. The molecule has 1 aliphatic rings. The van der Waals surface area contributed by atoms with E-state index in [1.54, 1.807) is 25.7 Å². The molecule has 0 radical (unpaired) electrons. The first-order valence-electron chi connectivity index (χ1n) is 10.00. The van der Waals surface area contributed by atoms with E-state index in [0.29, 0.717) is 32.4 Å². The molecular formula is C20H34N2O7. The Balaban J connectivity index is 2.44. The molecule has 1 N–H and O–H groups in total. The number of rotatable bonds is 7. The van der Waals surface area contributed by atoms with Crippen molar-refractivity contribution in [2.45, 2.75) is 65.5 Å². The van der Waals surface area contributed by atoms with E-state index < -0.39 is 42.2 Å². The van der Waals surface area contributed by atoms with E-state index in [9.17, 15) is 19.2 Å². The Morgan fingerprint density at radius 2 is 1.72 bits per heavy atom. The molecule has 2 amide bonds. The van der Waals surface area contributed by atoms with Crippen LogP contribution in [-0.4, -0.2) is 67.3 Å². The van der Waals surface area contributed by atoms with Crippen LogP contribution < -0.4 is 5.32 Å². The van der Waals surface area contributed by atoms with Crippen LogP contribution in [0.1, 0.15) is 53.9 Å². The van der Waals surface area contributed by atoms with Gasteiger partial charge in [0.05, 0.1) is 13.0 Å². The number of hydrogen-bond acceptors (Lipinski definition) is 7. The molecule has 0 aliphatic carbocycles. The lowest BCUT2D eigenvalue weighted by molar-refractivity contribution is -0.155. The van der Waals surface area contributed by atoms with E-state index in [1.807, 2.05) is 13.8 Å². The van der Waals surface area contributed by atoms with Crippen LogP contribution in [0.4, 0.5) is 4.79 Å². The number of hydrogen-bond donors (Lipinski definition) is 1. The van der Waals surface area contributed by atoms with Crippen LogP contribution in [0.15, 0.2) is 0 Å². The van der Waals surface area contributed by atoms with Crippen molar-refractivity contribution in [1.82, 2.24) is 10.2 Å². The van der Waals surface area contributed by atoms with Crippen LogP contribution in [0.25, 0.3) is 0 Å². The molecule has 0 saturated carbocycles. The van der Waals surface area contributed by atoms with Gasteiger partial charge in [-0.05, 0) is 39.5 Å². The number of likely N-dealkylation sites (tertiary alicyclic amines) is 1. The van der Waals surface area contributed by atoms with Crippen LogP contribution in [0, 0.1) is 11.8 Å². The van der Waals surface area contributed by atoms with Crippen molar-refractivity contribution in [2.24, 2.45) is 11.8 Å². The second-order valence-electron chi connectivity index (χ2n) is 8.30. The normalized spacial score (nSPS) is 17.1. The summed E-state index contributed by atoms with van der Waals surface area (Å²) >= 11 is 0. The van der Waals surface area contributed by atoms with E-state index in [4.69, 9.17) is 14.2 Å². The Bertz CT molecular complexity index is 592. The van der Waals surface area contributed by atoms with E-state index >= 15 is 0 Å². The predicted octanol–water partition coefficient (Wildman–Crippen LogP) is 1.88. The van der Waals surface area contributed by atoms with Crippen LogP contribution in [0.3, 0.4) is 0 Å². The van der Waals surface area contributed by atoms with Crippen molar-refractivity contribution < 1.29 is 33.4 Å². The molecule has 1 fully saturated rings. The minimum Gasteiger partial charge on any atom is -0.467 e. The third-order valence-electron chi connectivity index (χ3n) is 4.81. The summed E-state index contributed by atoms with van der Waals surface area (Å²) in [5.74, 6) is -2.07. The molecule has 1 heterocycles. The molecule has 1 rings (SSSR count). The van der Waals surface area contributed by atoms with Gasteiger partial charge in [0.2, 0.25) is 0 Å². The highest BCUT2D eigenvalue weighted by atomic mass is 16.6. The summed E-state index contributed by atoms with van der Waals surface area (Å²) in [5.41, 5.74) is -0.572. The zero-order valence-electron chi connectivity index (χ0n) is 18.3. The number of nitrogens with one attached hydrogen (secondary N) is 1. The third-order valence-corrected chi connectivity index (χ3v) is 4.81. The lowest BCUT2D eigenvalue weighted by Crippen LogP contribution is -2.47. The maximum Gasteiger partial charge on any atom is 0.410 e. The van der Waals surface area contributed by atoms with Gasteiger partial charge in [-0.2, -0.15) is 0 Å². The molecule has 0 bridgehead atoms. The minimum absolute atomic E-state index is 0.112. The summed E-state index contributed by atoms with van der Waals surface area (Å²) < 4.78 is 15.1. The Kier molecular flexibility index (Phi) is 9.39. The molecule has 29 heavy (non-hydrogen) atoms. The molecule has 1 saturated heterocycles. The van der Waals surface area contributed by atoms with Gasteiger partial charge in [-0.3, -0.25) is 9.59 Å². The molecular weight excluding hydrogens is 380 g/mol. The third kappa shape index (κ3) is 8.29. The highest BCUT2D eigenvalue weighted by Gasteiger charge is 2.31. The summed E-state index contributed by atoms with van der Waals surface area (Å²) in [6.45, 7) is 9.43. The fraction of sp³-hybridized carbons (Fsp3) is 0.800. The van der Waals surface area contributed by atoms with Crippen LogP contribution in [0.2, 0.25) is 0 Å². The van der Waals surface area contributed by atoms with E-state index in [0.717, 1.165) is 0 Å². The Morgan fingerprint density at radius 3 is 2.21 bits per heavy atom. The quantitative estimate of drug-likeness (QED) is 0.500. The Hall–Kier alpha value is -2.32. The van der Waals surface area contributed by atoms with Crippen molar-refractivity contribution >= 4 is 23.9 Å². The van der Waals surface area contributed by atoms with Crippen molar-refractivity contribution in [1.29, 1.82) is 0 Å². The maximum atomic E-state index is 12.2. The predicted molar refractivity (Wildman–Crippen MR) is 105 cm³/mol. The number of esters is 2. The first kappa shape index (κ1) is 24.7. The standard InChI is InChI=1S/C20H34N2O7/c1-7-13(2)16(18(25)27-6)21-15(23)12-28-17(24)14-8-10-22(11-9-14)19(26)29-20(3,4)5/h13-14,16H,7-12H2,1-6H3,(H,21,23)/t13-,16+/m1/s1. The Labute approximate surface area is 172 Å². The molecule has 0 aromatic carbocycles.